The van der Waals surface area contributed by atoms with Crippen LogP contribution < -0.4 is 9.62 Å². The molecule has 1 N–H and O–H groups in total. The maximum atomic E-state index is 14.5. The SMILES string of the molecule is CCCCNC(=O)[C@@H](Cc1ccccc1)N(Cc1cccc(Br)c1)C(=O)CN(c1ccc(Cl)c(Cl)c1)S(=O)(=O)c1ccccc1. The van der Waals surface area contributed by atoms with Crippen molar-refractivity contribution in [2.24, 2.45) is 0 Å². The van der Waals surface area contributed by atoms with E-state index < -0.39 is 28.5 Å². The number of carbonyl (C=O) groups is 2. The van der Waals surface area contributed by atoms with Gasteiger partial charge in [0, 0.05) is 24.0 Å². The predicted molar refractivity (Wildman–Crippen MR) is 184 cm³/mol. The molecule has 11 heteroatoms. The van der Waals surface area contributed by atoms with Gasteiger partial charge in [-0.3, -0.25) is 13.9 Å². The van der Waals surface area contributed by atoms with Crippen LogP contribution in [0.5, 0.6) is 0 Å². The van der Waals surface area contributed by atoms with Crippen LogP contribution in [0.3, 0.4) is 0 Å². The lowest BCUT2D eigenvalue weighted by molar-refractivity contribution is -0.140. The maximum absolute atomic E-state index is 14.5. The van der Waals surface area contributed by atoms with Gasteiger partial charge >= 0.3 is 0 Å². The van der Waals surface area contributed by atoms with Gasteiger partial charge in [-0.25, -0.2) is 8.42 Å². The molecule has 0 radical (unpaired) electrons. The summed E-state index contributed by atoms with van der Waals surface area (Å²) in [5.41, 5.74) is 1.79. The molecule has 0 aliphatic carbocycles. The third kappa shape index (κ3) is 9.33. The molecule has 4 aromatic carbocycles. The Morgan fingerprint density at radius 2 is 1.51 bits per heavy atom. The van der Waals surface area contributed by atoms with Crippen LogP contribution >= 0.6 is 39.1 Å². The Hall–Kier alpha value is -3.37. The first-order valence-corrected chi connectivity index (χ1v) is 17.5. The average Bonchev–Trinajstić information content (AvgIpc) is 3.03. The summed E-state index contributed by atoms with van der Waals surface area (Å²) in [4.78, 5) is 29.7. The number of amides is 2. The molecule has 0 aliphatic heterocycles. The first-order chi connectivity index (χ1) is 21.6. The van der Waals surface area contributed by atoms with Gasteiger partial charge in [0.2, 0.25) is 11.8 Å². The summed E-state index contributed by atoms with van der Waals surface area (Å²) >= 11 is 16.0. The number of halogens is 3. The summed E-state index contributed by atoms with van der Waals surface area (Å²) in [6, 6.07) is 28.2. The fourth-order valence-electron chi connectivity index (χ4n) is 4.78. The van der Waals surface area contributed by atoms with Crippen LogP contribution in [-0.2, 0) is 32.6 Å². The molecule has 0 heterocycles. The van der Waals surface area contributed by atoms with E-state index in [0.717, 1.165) is 32.7 Å². The molecule has 0 bridgehead atoms. The maximum Gasteiger partial charge on any atom is 0.264 e. The number of nitrogens with one attached hydrogen (secondary N) is 1. The summed E-state index contributed by atoms with van der Waals surface area (Å²) < 4.78 is 29.9. The minimum absolute atomic E-state index is 0.000515. The van der Waals surface area contributed by atoms with Crippen molar-refractivity contribution in [1.29, 1.82) is 0 Å². The molecule has 0 fully saturated rings. The first kappa shape index (κ1) is 34.5. The predicted octanol–water partition coefficient (Wildman–Crippen LogP) is 7.51. The van der Waals surface area contributed by atoms with Crippen LogP contribution in [0.2, 0.25) is 10.0 Å². The van der Waals surface area contributed by atoms with E-state index >= 15 is 0 Å². The van der Waals surface area contributed by atoms with Crippen molar-refractivity contribution in [1.82, 2.24) is 10.2 Å². The molecule has 4 aromatic rings. The van der Waals surface area contributed by atoms with E-state index in [1.165, 1.54) is 35.2 Å². The number of rotatable bonds is 14. The van der Waals surface area contributed by atoms with E-state index in [1.807, 2.05) is 61.5 Å². The number of unbranched alkanes of at least 4 members (excludes halogenated alkanes) is 1. The van der Waals surface area contributed by atoms with Crippen molar-refractivity contribution in [2.75, 3.05) is 17.4 Å². The number of anilines is 1. The molecule has 0 saturated heterocycles. The Balaban J connectivity index is 1.80. The van der Waals surface area contributed by atoms with Crippen molar-refractivity contribution in [3.63, 3.8) is 0 Å². The lowest BCUT2D eigenvalue weighted by Crippen LogP contribution is -2.53. The van der Waals surface area contributed by atoms with E-state index in [9.17, 15) is 18.0 Å². The zero-order chi connectivity index (χ0) is 32.4. The normalized spacial score (nSPS) is 11.9. The summed E-state index contributed by atoms with van der Waals surface area (Å²) in [5, 5.41) is 3.36. The van der Waals surface area contributed by atoms with Crippen LogP contribution in [0.25, 0.3) is 0 Å². The lowest BCUT2D eigenvalue weighted by Gasteiger charge is -2.34. The van der Waals surface area contributed by atoms with Gasteiger partial charge in [-0.15, -0.1) is 0 Å². The van der Waals surface area contributed by atoms with Gasteiger partial charge in [-0.05, 0) is 60.0 Å². The number of benzene rings is 4. The Bertz CT molecular complexity index is 1710. The Kier molecular flexibility index (Phi) is 12.5. The minimum Gasteiger partial charge on any atom is -0.354 e. The number of hydrogen-bond acceptors (Lipinski definition) is 4. The topological polar surface area (TPSA) is 86.8 Å². The highest BCUT2D eigenvalue weighted by atomic mass is 79.9. The second kappa shape index (κ2) is 16.3. The molecule has 4 rings (SSSR count). The highest BCUT2D eigenvalue weighted by Gasteiger charge is 2.34. The van der Waals surface area contributed by atoms with E-state index in [2.05, 4.69) is 21.2 Å². The van der Waals surface area contributed by atoms with Crippen LogP contribution in [0.15, 0.2) is 112 Å². The Morgan fingerprint density at radius 3 is 2.16 bits per heavy atom. The third-order valence-corrected chi connectivity index (χ3v) is 10.2. The molecule has 236 valence electrons. The van der Waals surface area contributed by atoms with Crippen LogP contribution in [-0.4, -0.2) is 44.3 Å². The first-order valence-electron chi connectivity index (χ1n) is 14.5. The van der Waals surface area contributed by atoms with Gasteiger partial charge in [-0.2, -0.15) is 0 Å². The molecular formula is C34H34BrCl2N3O4S. The Labute approximate surface area is 283 Å². The van der Waals surface area contributed by atoms with Crippen LogP contribution in [0.4, 0.5) is 5.69 Å². The highest BCUT2D eigenvalue weighted by molar-refractivity contribution is 9.10. The third-order valence-electron chi connectivity index (χ3n) is 7.14. The molecular weight excluding hydrogens is 697 g/mol. The second-order valence-corrected chi connectivity index (χ2v) is 14.0. The summed E-state index contributed by atoms with van der Waals surface area (Å²) in [7, 11) is -4.24. The number of nitrogens with zero attached hydrogens (tertiary/aromatic N) is 2. The summed E-state index contributed by atoms with van der Waals surface area (Å²) in [5.74, 6) is -0.880. The Morgan fingerprint density at radius 1 is 0.844 bits per heavy atom. The van der Waals surface area contributed by atoms with E-state index in [4.69, 9.17) is 23.2 Å². The summed E-state index contributed by atoms with van der Waals surface area (Å²) in [6.45, 7) is 1.97. The summed E-state index contributed by atoms with van der Waals surface area (Å²) in [6.07, 6.45) is 1.90. The second-order valence-electron chi connectivity index (χ2n) is 10.4. The zero-order valence-electron chi connectivity index (χ0n) is 24.7. The van der Waals surface area contributed by atoms with Gasteiger partial charge in [-0.1, -0.05) is 113 Å². The average molecular weight is 732 g/mol. The van der Waals surface area contributed by atoms with Gasteiger partial charge in [0.25, 0.3) is 10.0 Å². The molecule has 0 unspecified atom stereocenters. The molecule has 2 amide bonds. The van der Waals surface area contributed by atoms with Crippen molar-refractivity contribution in [3.05, 3.63) is 129 Å². The van der Waals surface area contributed by atoms with Crippen LogP contribution in [0, 0.1) is 0 Å². The van der Waals surface area contributed by atoms with Gasteiger partial charge in [0.05, 0.1) is 20.6 Å². The lowest BCUT2D eigenvalue weighted by atomic mass is 10.0. The molecule has 7 nitrogen and oxygen atoms in total. The van der Waals surface area contributed by atoms with E-state index in [-0.39, 0.29) is 39.5 Å². The number of carbonyl (C=O) groups excluding carboxylic acids is 2. The van der Waals surface area contributed by atoms with Crippen LogP contribution in [0.1, 0.15) is 30.9 Å². The largest absolute Gasteiger partial charge is 0.354 e. The standard InChI is InChI=1S/C34H34BrCl2N3O4S/c1-2-3-19-38-34(42)32(21-25-11-6-4-7-12-25)39(23-26-13-10-14-27(35)20-26)33(41)24-40(28-17-18-30(36)31(37)22-28)45(43,44)29-15-8-5-9-16-29/h4-18,20,22,32H,2-3,19,21,23-24H2,1H3,(H,38,42)/t32-/m1/s1. The molecule has 0 saturated carbocycles. The number of sulfonamides is 1. The molecule has 0 aliphatic rings. The number of hydrogen-bond donors (Lipinski definition) is 1. The molecule has 45 heavy (non-hydrogen) atoms. The van der Waals surface area contributed by atoms with E-state index in [1.54, 1.807) is 18.2 Å². The quantitative estimate of drug-likeness (QED) is 0.136. The smallest absolute Gasteiger partial charge is 0.264 e. The minimum atomic E-state index is -4.24. The van der Waals surface area contributed by atoms with Gasteiger partial charge < -0.3 is 10.2 Å². The highest BCUT2D eigenvalue weighted by Crippen LogP contribution is 2.31. The molecule has 0 spiro atoms. The molecule has 1 atom stereocenters. The van der Waals surface area contributed by atoms with Gasteiger partial charge in [0.1, 0.15) is 12.6 Å². The fourth-order valence-corrected chi connectivity index (χ4v) is 6.95. The monoisotopic (exact) mass is 729 g/mol. The molecule has 0 aromatic heterocycles. The zero-order valence-corrected chi connectivity index (χ0v) is 28.6. The fraction of sp³-hybridized carbons (Fsp3) is 0.235. The van der Waals surface area contributed by atoms with Crippen molar-refractivity contribution in [2.45, 2.75) is 43.7 Å². The van der Waals surface area contributed by atoms with Crippen molar-refractivity contribution < 1.29 is 18.0 Å². The van der Waals surface area contributed by atoms with Crippen molar-refractivity contribution >= 4 is 66.7 Å². The van der Waals surface area contributed by atoms with E-state index in [0.29, 0.717) is 6.54 Å². The van der Waals surface area contributed by atoms with Crippen molar-refractivity contribution in [3.8, 4) is 0 Å². The van der Waals surface area contributed by atoms with Gasteiger partial charge in [0.15, 0.2) is 0 Å².